The summed E-state index contributed by atoms with van der Waals surface area (Å²) in [7, 11) is 1.50. The van der Waals surface area contributed by atoms with Crippen LogP contribution in [0.1, 0.15) is 45.7 Å². The quantitative estimate of drug-likeness (QED) is 0.291. The normalized spacial score (nSPS) is 15.7. The van der Waals surface area contributed by atoms with Gasteiger partial charge in [-0.3, -0.25) is 19.2 Å². The van der Waals surface area contributed by atoms with Crippen molar-refractivity contribution in [2.24, 2.45) is 0 Å². The first-order chi connectivity index (χ1) is 22.8. The summed E-state index contributed by atoms with van der Waals surface area (Å²) in [5, 5.41) is 3.70. The summed E-state index contributed by atoms with van der Waals surface area (Å²) in [5.41, 5.74) is 2.18. The Morgan fingerprint density at radius 1 is 0.872 bits per heavy atom. The number of rotatable bonds is 8. The molecule has 10 nitrogen and oxygen atoms in total. The van der Waals surface area contributed by atoms with Crippen molar-refractivity contribution < 1.29 is 23.5 Å². The fraction of sp³-hybridized carbons (Fsp3) is 0.333. The van der Waals surface area contributed by atoms with Gasteiger partial charge in [0, 0.05) is 68.5 Å². The summed E-state index contributed by atoms with van der Waals surface area (Å²) in [5.74, 6) is -0.613. The van der Waals surface area contributed by atoms with Gasteiger partial charge >= 0.3 is 0 Å². The highest BCUT2D eigenvalue weighted by atomic mass is 35.5. The molecule has 2 aliphatic heterocycles. The molecule has 2 aliphatic rings. The lowest BCUT2D eigenvalue weighted by Crippen LogP contribution is -2.56. The average molecular weight is 657 g/mol. The lowest BCUT2D eigenvalue weighted by Gasteiger charge is -2.38. The third-order valence-electron chi connectivity index (χ3n) is 8.83. The van der Waals surface area contributed by atoms with Crippen molar-refractivity contribution in [3.8, 4) is 5.75 Å². The maximum Gasteiger partial charge on any atom is 0.287 e. The molecule has 0 radical (unpaired) electrons. The molecule has 0 saturated carbocycles. The largest absolute Gasteiger partial charge is 0.497 e. The van der Waals surface area contributed by atoms with Crippen LogP contribution in [-0.2, 0) is 11.2 Å². The zero-order valence-electron chi connectivity index (χ0n) is 26.2. The van der Waals surface area contributed by atoms with Crippen LogP contribution >= 0.6 is 11.6 Å². The molecule has 0 spiro atoms. The molecular formula is C36H37ClN4O6. The molecule has 0 bridgehead atoms. The van der Waals surface area contributed by atoms with Crippen LogP contribution in [0.4, 0.5) is 5.69 Å². The van der Waals surface area contributed by atoms with Crippen molar-refractivity contribution in [2.45, 2.75) is 31.7 Å². The zero-order valence-corrected chi connectivity index (χ0v) is 27.0. The Hall–Kier alpha value is -4.83. The van der Waals surface area contributed by atoms with Crippen molar-refractivity contribution in [1.29, 1.82) is 0 Å². The topological polar surface area (TPSA) is 112 Å². The van der Waals surface area contributed by atoms with E-state index < -0.39 is 11.9 Å². The van der Waals surface area contributed by atoms with Crippen LogP contribution < -0.4 is 20.4 Å². The number of piperazine rings is 1. The number of carbonyl (C=O) groups excluding carboxylic acids is 3. The van der Waals surface area contributed by atoms with E-state index in [9.17, 15) is 19.2 Å². The summed E-state index contributed by atoms with van der Waals surface area (Å²) in [6.45, 7) is 3.41. The average Bonchev–Trinajstić information content (AvgIpc) is 3.11. The van der Waals surface area contributed by atoms with Gasteiger partial charge in [-0.05, 0) is 61.2 Å². The van der Waals surface area contributed by atoms with Gasteiger partial charge in [0.15, 0.2) is 11.2 Å². The van der Waals surface area contributed by atoms with Crippen molar-refractivity contribution in [1.82, 2.24) is 15.1 Å². The van der Waals surface area contributed by atoms with Crippen LogP contribution in [0.2, 0.25) is 5.02 Å². The number of carbonyl (C=O) groups is 3. The van der Waals surface area contributed by atoms with E-state index in [4.69, 9.17) is 20.8 Å². The fourth-order valence-electron chi connectivity index (χ4n) is 6.25. The molecule has 0 aliphatic carbocycles. The van der Waals surface area contributed by atoms with Gasteiger partial charge in [-0.1, -0.05) is 35.9 Å². The summed E-state index contributed by atoms with van der Waals surface area (Å²) in [4.78, 5) is 59.5. The van der Waals surface area contributed by atoms with Gasteiger partial charge < -0.3 is 29.2 Å². The first-order valence-corrected chi connectivity index (χ1v) is 16.3. The monoisotopic (exact) mass is 656 g/mol. The molecule has 2 saturated heterocycles. The van der Waals surface area contributed by atoms with Crippen molar-refractivity contribution in [3.63, 3.8) is 0 Å². The number of amides is 3. The number of benzene rings is 3. The van der Waals surface area contributed by atoms with Gasteiger partial charge in [-0.25, -0.2) is 0 Å². The molecule has 244 valence electrons. The predicted molar refractivity (Wildman–Crippen MR) is 180 cm³/mol. The van der Waals surface area contributed by atoms with Gasteiger partial charge in [-0.15, -0.1) is 0 Å². The van der Waals surface area contributed by atoms with Crippen LogP contribution in [0.25, 0.3) is 11.0 Å². The molecule has 6 rings (SSSR count). The van der Waals surface area contributed by atoms with Crippen molar-refractivity contribution >= 4 is 46.0 Å². The first kappa shape index (κ1) is 32.1. The van der Waals surface area contributed by atoms with Crippen LogP contribution in [-0.4, -0.2) is 79.9 Å². The van der Waals surface area contributed by atoms with Crippen molar-refractivity contribution in [2.75, 3.05) is 51.3 Å². The molecule has 3 aromatic carbocycles. The maximum absolute atomic E-state index is 14.0. The van der Waals surface area contributed by atoms with E-state index in [0.29, 0.717) is 47.9 Å². The zero-order chi connectivity index (χ0) is 32.9. The van der Waals surface area contributed by atoms with E-state index in [2.05, 4.69) is 10.2 Å². The number of likely N-dealkylation sites (tertiary alicyclic amines) is 1. The highest BCUT2D eigenvalue weighted by molar-refractivity contribution is 6.30. The summed E-state index contributed by atoms with van der Waals surface area (Å²) < 4.78 is 11.0. The van der Waals surface area contributed by atoms with Gasteiger partial charge in [0.25, 0.3) is 11.8 Å². The third-order valence-corrected chi connectivity index (χ3v) is 9.08. The number of hydrogen-bond donors (Lipinski definition) is 1. The van der Waals surface area contributed by atoms with Crippen LogP contribution in [0.15, 0.2) is 82.0 Å². The number of anilines is 1. The molecular weight excluding hydrogens is 620 g/mol. The van der Waals surface area contributed by atoms with Crippen molar-refractivity contribution in [3.05, 3.63) is 105 Å². The highest BCUT2D eigenvalue weighted by Crippen LogP contribution is 2.25. The SMILES string of the molecule is COc1ccc2c(=O)cc(C(=O)N[C@H](Cc3ccc(Cl)cc3)C(=O)N3CCN(c4ccccc4C(=O)N4CCCCC4)CC3)oc2c1. The van der Waals surface area contributed by atoms with Crippen LogP contribution in [0, 0.1) is 0 Å². The Balaban J connectivity index is 1.19. The molecule has 3 heterocycles. The number of fused-ring (bicyclic) bond motifs is 1. The molecule has 0 unspecified atom stereocenters. The lowest BCUT2D eigenvalue weighted by molar-refractivity contribution is -0.133. The molecule has 2 fully saturated rings. The number of halogens is 1. The molecule has 47 heavy (non-hydrogen) atoms. The Bertz CT molecular complexity index is 1830. The second kappa shape index (κ2) is 14.3. The fourth-order valence-corrected chi connectivity index (χ4v) is 6.37. The molecule has 1 N–H and O–H groups in total. The number of para-hydroxylation sites is 1. The highest BCUT2D eigenvalue weighted by Gasteiger charge is 2.31. The Kier molecular flexibility index (Phi) is 9.77. The predicted octanol–water partition coefficient (Wildman–Crippen LogP) is 4.77. The minimum absolute atomic E-state index is 0.0448. The number of piperidine rings is 1. The van der Waals surface area contributed by atoms with Gasteiger partial charge in [-0.2, -0.15) is 0 Å². The molecule has 1 atom stereocenters. The van der Waals surface area contributed by atoms with Gasteiger partial charge in [0.05, 0.1) is 18.1 Å². The second-order valence-electron chi connectivity index (χ2n) is 11.9. The minimum atomic E-state index is -0.936. The standard InChI is InChI=1S/C36H37ClN4O6/c1-46-26-13-14-28-31(42)23-33(47-32(28)22-26)34(43)38-29(21-24-9-11-25(37)12-10-24)36(45)41-19-17-39(18-20-41)30-8-4-3-7-27(30)35(44)40-15-5-2-6-16-40/h3-4,7-14,22-23,29H,2,5-6,15-21H2,1H3,(H,38,43)/t29-/m1/s1. The van der Waals surface area contributed by atoms with E-state index in [1.807, 2.05) is 41.3 Å². The van der Waals surface area contributed by atoms with E-state index >= 15 is 0 Å². The molecule has 4 aromatic rings. The van der Waals surface area contributed by atoms with Gasteiger partial charge in [0.1, 0.15) is 17.4 Å². The minimum Gasteiger partial charge on any atom is -0.497 e. The van der Waals surface area contributed by atoms with E-state index in [1.54, 1.807) is 35.2 Å². The number of ether oxygens (including phenoxy) is 1. The number of hydrogen-bond acceptors (Lipinski definition) is 7. The third kappa shape index (κ3) is 7.28. The summed E-state index contributed by atoms with van der Waals surface area (Å²) in [6, 6.07) is 19.7. The van der Waals surface area contributed by atoms with E-state index in [1.165, 1.54) is 7.11 Å². The Labute approximate surface area is 277 Å². The number of nitrogens with one attached hydrogen (secondary N) is 1. The Morgan fingerprint density at radius 2 is 1.60 bits per heavy atom. The number of methoxy groups -OCH3 is 1. The lowest BCUT2D eigenvalue weighted by atomic mass is 10.0. The van der Waals surface area contributed by atoms with Crippen LogP contribution in [0.5, 0.6) is 5.75 Å². The van der Waals surface area contributed by atoms with Gasteiger partial charge in [0.2, 0.25) is 5.91 Å². The second-order valence-corrected chi connectivity index (χ2v) is 12.3. The Morgan fingerprint density at radius 3 is 2.32 bits per heavy atom. The molecule has 11 heteroatoms. The summed E-state index contributed by atoms with van der Waals surface area (Å²) >= 11 is 6.10. The maximum atomic E-state index is 14.0. The molecule has 3 amide bonds. The smallest absolute Gasteiger partial charge is 0.287 e. The first-order valence-electron chi connectivity index (χ1n) is 15.9. The number of nitrogens with zero attached hydrogens (tertiary/aromatic N) is 3. The molecule has 1 aromatic heterocycles. The summed E-state index contributed by atoms with van der Waals surface area (Å²) in [6.07, 6.45) is 3.39. The van der Waals surface area contributed by atoms with Crippen LogP contribution in [0.3, 0.4) is 0 Å². The van der Waals surface area contributed by atoms with E-state index in [-0.39, 0.29) is 35.0 Å². The van der Waals surface area contributed by atoms with E-state index in [0.717, 1.165) is 49.7 Å².